The van der Waals surface area contributed by atoms with Gasteiger partial charge < -0.3 is 4.74 Å². The Morgan fingerprint density at radius 2 is 1.74 bits per heavy atom. The third-order valence-corrected chi connectivity index (χ3v) is 3.71. The van der Waals surface area contributed by atoms with E-state index in [1.807, 2.05) is 59.3 Å². The first-order chi connectivity index (χ1) is 11.3. The Labute approximate surface area is 133 Å². The Hall–Kier alpha value is -3.21. The second kappa shape index (κ2) is 5.53. The summed E-state index contributed by atoms with van der Waals surface area (Å²) in [5, 5.41) is 0. The van der Waals surface area contributed by atoms with E-state index in [9.17, 15) is 0 Å². The lowest BCUT2D eigenvalue weighted by Gasteiger charge is -2.05. The summed E-state index contributed by atoms with van der Waals surface area (Å²) in [4.78, 5) is 13.2. The van der Waals surface area contributed by atoms with E-state index in [0.29, 0.717) is 0 Å². The highest BCUT2D eigenvalue weighted by Crippen LogP contribution is 2.24. The molecular weight excluding hydrogens is 288 g/mol. The Morgan fingerprint density at radius 3 is 2.48 bits per heavy atom. The zero-order valence-corrected chi connectivity index (χ0v) is 12.5. The van der Waals surface area contributed by atoms with Crippen molar-refractivity contribution in [1.82, 2.24) is 19.4 Å². The predicted octanol–water partition coefficient (Wildman–Crippen LogP) is 3.47. The van der Waals surface area contributed by atoms with E-state index < -0.39 is 0 Å². The van der Waals surface area contributed by atoms with Gasteiger partial charge in [-0.05, 0) is 36.4 Å². The van der Waals surface area contributed by atoms with Crippen LogP contribution in [0.5, 0.6) is 5.75 Å². The summed E-state index contributed by atoms with van der Waals surface area (Å²) in [5.41, 5.74) is 4.52. The number of benzene rings is 1. The van der Waals surface area contributed by atoms with Crippen LogP contribution in [0.2, 0.25) is 0 Å². The van der Waals surface area contributed by atoms with Crippen LogP contribution in [0.3, 0.4) is 0 Å². The quantitative estimate of drug-likeness (QED) is 0.581. The van der Waals surface area contributed by atoms with Crippen LogP contribution in [-0.2, 0) is 0 Å². The minimum atomic E-state index is 0.801. The molecule has 112 valence electrons. The number of nitrogens with zero attached hydrogens (tertiary/aromatic N) is 4. The highest BCUT2D eigenvalue weighted by Gasteiger charge is 2.09. The number of pyridine rings is 1. The first-order valence-corrected chi connectivity index (χ1v) is 7.24. The van der Waals surface area contributed by atoms with Gasteiger partial charge in [-0.15, -0.1) is 0 Å². The number of hydrogen-bond donors (Lipinski definition) is 0. The van der Waals surface area contributed by atoms with Crippen LogP contribution >= 0.6 is 0 Å². The zero-order chi connectivity index (χ0) is 15.6. The van der Waals surface area contributed by atoms with Crippen molar-refractivity contribution in [1.29, 1.82) is 0 Å². The Balaban J connectivity index is 1.84. The van der Waals surface area contributed by atoms with Crippen molar-refractivity contribution in [3.63, 3.8) is 0 Å². The van der Waals surface area contributed by atoms with Crippen LogP contribution in [0.1, 0.15) is 0 Å². The molecule has 0 unspecified atom stereocenters. The van der Waals surface area contributed by atoms with Gasteiger partial charge in [-0.1, -0.05) is 6.07 Å². The lowest BCUT2D eigenvalue weighted by molar-refractivity contribution is 0.415. The van der Waals surface area contributed by atoms with Gasteiger partial charge in [0.25, 0.3) is 0 Å². The second-order valence-corrected chi connectivity index (χ2v) is 5.09. The minimum absolute atomic E-state index is 0.801. The molecule has 4 rings (SSSR count). The van der Waals surface area contributed by atoms with Gasteiger partial charge in [0.05, 0.1) is 30.9 Å². The molecule has 0 aliphatic heterocycles. The summed E-state index contributed by atoms with van der Waals surface area (Å²) < 4.78 is 7.24. The monoisotopic (exact) mass is 302 g/mol. The fourth-order valence-corrected chi connectivity index (χ4v) is 2.51. The largest absolute Gasteiger partial charge is 0.497 e. The molecule has 0 radical (unpaired) electrons. The molecule has 23 heavy (non-hydrogen) atoms. The van der Waals surface area contributed by atoms with E-state index in [2.05, 4.69) is 15.0 Å². The van der Waals surface area contributed by atoms with Gasteiger partial charge in [0.1, 0.15) is 11.4 Å². The van der Waals surface area contributed by atoms with Crippen LogP contribution < -0.4 is 4.74 Å². The molecule has 0 saturated carbocycles. The normalized spacial score (nSPS) is 10.8. The van der Waals surface area contributed by atoms with E-state index in [-0.39, 0.29) is 0 Å². The summed E-state index contributed by atoms with van der Waals surface area (Å²) in [7, 11) is 1.66. The van der Waals surface area contributed by atoms with E-state index in [1.165, 1.54) is 0 Å². The van der Waals surface area contributed by atoms with Gasteiger partial charge in [-0.25, -0.2) is 9.97 Å². The minimum Gasteiger partial charge on any atom is -0.497 e. The molecule has 0 aliphatic rings. The van der Waals surface area contributed by atoms with Gasteiger partial charge in [0, 0.05) is 18.0 Å². The van der Waals surface area contributed by atoms with E-state index >= 15 is 0 Å². The summed E-state index contributed by atoms with van der Waals surface area (Å²) in [6.45, 7) is 0. The maximum atomic E-state index is 5.21. The third-order valence-electron chi connectivity index (χ3n) is 3.71. The lowest BCUT2D eigenvalue weighted by atomic mass is 10.1. The molecule has 5 nitrogen and oxygen atoms in total. The van der Waals surface area contributed by atoms with Crippen LogP contribution in [0.4, 0.5) is 0 Å². The molecule has 5 heteroatoms. The molecule has 3 aromatic heterocycles. The van der Waals surface area contributed by atoms with E-state index in [0.717, 1.165) is 34.0 Å². The number of aromatic nitrogens is 4. The number of imidazole rings is 1. The molecule has 0 bridgehead atoms. The molecule has 0 atom stereocenters. The predicted molar refractivity (Wildman–Crippen MR) is 88.2 cm³/mol. The molecule has 0 saturated heterocycles. The molecular formula is C18H14N4O. The Kier molecular flexibility index (Phi) is 3.24. The summed E-state index contributed by atoms with van der Waals surface area (Å²) in [6.07, 6.45) is 7.34. The first-order valence-electron chi connectivity index (χ1n) is 7.24. The second-order valence-electron chi connectivity index (χ2n) is 5.09. The van der Waals surface area contributed by atoms with Crippen molar-refractivity contribution in [3.05, 3.63) is 67.3 Å². The van der Waals surface area contributed by atoms with Crippen LogP contribution in [-0.4, -0.2) is 26.5 Å². The number of methoxy groups -OCH3 is 1. The van der Waals surface area contributed by atoms with Crippen molar-refractivity contribution in [2.24, 2.45) is 0 Å². The average Bonchev–Trinajstić information content (AvgIpc) is 3.05. The van der Waals surface area contributed by atoms with Gasteiger partial charge in [0.2, 0.25) is 0 Å². The lowest BCUT2D eigenvalue weighted by Crippen LogP contribution is -1.94. The smallest absolute Gasteiger partial charge is 0.155 e. The summed E-state index contributed by atoms with van der Waals surface area (Å²) in [6, 6.07) is 13.7. The number of fused-ring (bicyclic) bond motifs is 1. The molecule has 0 spiro atoms. The topological polar surface area (TPSA) is 52.3 Å². The third kappa shape index (κ3) is 2.42. The fraction of sp³-hybridized carbons (Fsp3) is 0.0556. The summed E-state index contributed by atoms with van der Waals surface area (Å²) >= 11 is 0. The highest BCUT2D eigenvalue weighted by atomic mass is 16.5. The van der Waals surface area contributed by atoms with Crippen molar-refractivity contribution >= 4 is 5.65 Å². The Bertz CT molecular complexity index is 946. The molecule has 3 heterocycles. The maximum Gasteiger partial charge on any atom is 0.155 e. The molecule has 0 N–H and O–H groups in total. The molecule has 0 amide bonds. The number of ether oxygens (including phenoxy) is 1. The number of rotatable bonds is 3. The van der Waals surface area contributed by atoms with E-state index in [4.69, 9.17) is 4.74 Å². The van der Waals surface area contributed by atoms with Gasteiger partial charge in [0.15, 0.2) is 5.65 Å². The zero-order valence-electron chi connectivity index (χ0n) is 12.5. The average molecular weight is 302 g/mol. The molecule has 0 aliphatic carbocycles. The van der Waals surface area contributed by atoms with Crippen LogP contribution in [0, 0.1) is 0 Å². The first kappa shape index (κ1) is 13.5. The van der Waals surface area contributed by atoms with Crippen molar-refractivity contribution in [2.75, 3.05) is 7.11 Å². The van der Waals surface area contributed by atoms with Gasteiger partial charge in [-0.2, -0.15) is 0 Å². The fourth-order valence-electron chi connectivity index (χ4n) is 2.51. The van der Waals surface area contributed by atoms with Crippen LogP contribution in [0.15, 0.2) is 67.3 Å². The summed E-state index contributed by atoms with van der Waals surface area (Å²) in [5.74, 6) is 0.832. The van der Waals surface area contributed by atoms with Crippen molar-refractivity contribution in [2.45, 2.75) is 0 Å². The molecule has 1 aromatic carbocycles. The van der Waals surface area contributed by atoms with Gasteiger partial charge in [-0.3, -0.25) is 9.38 Å². The maximum absolute atomic E-state index is 5.21. The Morgan fingerprint density at radius 1 is 0.870 bits per heavy atom. The molecule has 0 fully saturated rings. The number of hydrogen-bond acceptors (Lipinski definition) is 4. The van der Waals surface area contributed by atoms with Crippen LogP contribution in [0.25, 0.3) is 28.3 Å². The standard InChI is InChI=1S/C18H14N4O/c1-23-14-7-5-13(6-8-14)17-10-21-18-11-20-16(12-22(17)18)15-4-2-3-9-19-15/h2-12H,1H3. The van der Waals surface area contributed by atoms with Gasteiger partial charge >= 0.3 is 0 Å². The van der Waals surface area contributed by atoms with Crippen molar-refractivity contribution in [3.8, 4) is 28.4 Å². The van der Waals surface area contributed by atoms with E-state index in [1.54, 1.807) is 19.5 Å². The highest BCUT2D eigenvalue weighted by molar-refractivity contribution is 5.66. The SMILES string of the molecule is COc1ccc(-c2cnc3cnc(-c4ccccn4)cn23)cc1. The van der Waals surface area contributed by atoms with Crippen molar-refractivity contribution < 1.29 is 4.74 Å². The molecule has 4 aromatic rings.